The van der Waals surface area contributed by atoms with Crippen LogP contribution in [0, 0.1) is 63.1 Å². The molecule has 0 aliphatic rings. The fourth-order valence-corrected chi connectivity index (χ4v) is 11.5. The van der Waals surface area contributed by atoms with E-state index in [0.29, 0.717) is 49.2 Å². The van der Waals surface area contributed by atoms with E-state index in [0.717, 1.165) is 79.6 Å². The Morgan fingerprint density at radius 2 is 0.643 bits per heavy atom. The number of primary amides is 7. The van der Waals surface area contributed by atoms with Crippen molar-refractivity contribution in [3.05, 3.63) is 249 Å². The highest BCUT2D eigenvalue weighted by atomic mass is 35.5. The van der Waals surface area contributed by atoms with Crippen molar-refractivity contribution in [1.29, 1.82) is 15.8 Å². The SMILES string of the molecule is CC[C@@H](N)C(N)=O.CC[C@@H](Nc1nc(Cl)c(C#N)cc1F)C(N)=O.CC[C@@H](Nc1nc(Nc2ccc3cccnc3c2)c(C#N)cc1F)C(N)=O.CC[C@@H](Nc1nc(Nc2ccc3cccnc3c2)c(C(N)=O)cc1F)C(N)=O.CC[C@@H](Nc1nc(Nc2ccc3cccnc3c2)c(C(N)=O)cc1F)C(N)=O.N#Cc1cc(F)c(Cl)nc1Cl.Nc1ccc2cccnc2c1. The number of carbonyl (C=O) groups is 7. The summed E-state index contributed by atoms with van der Waals surface area (Å²) in [6.45, 7) is 8.71. The van der Waals surface area contributed by atoms with E-state index in [1.165, 1.54) is 0 Å². The van der Waals surface area contributed by atoms with Gasteiger partial charge in [0, 0.05) is 69.1 Å². The fraction of sp³-hybridized carbons (Fsp3) is 0.174. The average Bonchev–Trinajstić information content (AvgIpc) is 0.828. The molecular weight excluding hydrogens is 1740 g/mol. The second-order valence-electron chi connectivity index (χ2n) is 27.0. The van der Waals surface area contributed by atoms with Crippen LogP contribution < -0.4 is 88.8 Å². The van der Waals surface area contributed by atoms with Gasteiger partial charge in [-0.05, 0) is 135 Å². The molecule has 0 aliphatic carbocycles. The number of halogens is 8. The summed E-state index contributed by atoms with van der Waals surface area (Å²) >= 11 is 16.3. The van der Waals surface area contributed by atoms with Gasteiger partial charge in [0.25, 0.3) is 11.8 Å². The molecular formula is C86H84Cl3F5N28O7. The normalized spacial score (nSPS) is 11.5. The van der Waals surface area contributed by atoms with Crippen LogP contribution in [0.5, 0.6) is 0 Å². The minimum atomic E-state index is -0.846. The Bertz CT molecular complexity index is 6240. The van der Waals surface area contributed by atoms with Crippen molar-refractivity contribution in [2.45, 2.75) is 96.9 Å². The fourth-order valence-electron chi connectivity index (χ4n) is 11.0. The van der Waals surface area contributed by atoms with Crippen LogP contribution in [0.25, 0.3) is 43.6 Å². The van der Waals surface area contributed by atoms with Crippen LogP contribution in [-0.4, -0.2) is 116 Å². The van der Waals surface area contributed by atoms with E-state index in [1.807, 2.05) is 104 Å². The zero-order chi connectivity index (χ0) is 94.9. The van der Waals surface area contributed by atoms with Crippen molar-refractivity contribution in [1.82, 2.24) is 44.9 Å². The summed E-state index contributed by atoms with van der Waals surface area (Å²) in [5.41, 5.74) is 52.6. The molecule has 0 aliphatic heterocycles. The van der Waals surface area contributed by atoms with Crippen molar-refractivity contribution >= 4 is 183 Å². The Morgan fingerprint density at radius 1 is 0.349 bits per heavy atom. The molecule has 0 saturated heterocycles. The lowest BCUT2D eigenvalue weighted by Crippen LogP contribution is -2.35. The van der Waals surface area contributed by atoms with Crippen LogP contribution in [-0.2, 0) is 24.0 Å². The molecule has 43 heteroatoms. The van der Waals surface area contributed by atoms with Gasteiger partial charge < -0.3 is 88.8 Å². The standard InChI is InChI=1S/2C19H19FN6O2.C19H17FN6O.C10H10ClFN4O.C9H8N2.C6HCl2FN2.C4H10N2O/c2*1-2-14(17(22)28)25-19-13(20)9-12(16(21)27)18(26-19)24-11-6-5-10-4-3-7-23-15(10)8-11;1-2-15(17(22)27)25-19-14(20)8-12(10-21)18(26-19)24-13-6-5-11-4-3-7-23-16(11)9-13;1-2-7(9(14)17)15-10-6(12)3-5(4-13)8(11)16-10;10-8-4-3-7-2-1-5-11-9(7)6-8;7-5-3(2-10)1-4(9)6(8)11-5;1-2-3(5)4(6)7/h2*3-9,14H,2H2,1H3,(H2,21,27)(H2,22,28)(H2,24,25,26);3-9,15H,2H2,1H3,(H2,22,27)(H2,24,25,26);3,7H,2H2,1H3,(H2,14,17)(H,15,16);1-6H,10H2;1H;3H,2,5H2,1H3,(H2,6,7)/t2*14-;15-;7-;;;3-/m1111..1/s1. The Labute approximate surface area is 748 Å². The van der Waals surface area contributed by atoms with Crippen LogP contribution in [0.4, 0.5) is 85.4 Å². The van der Waals surface area contributed by atoms with Gasteiger partial charge in [-0.15, -0.1) is 0 Å². The minimum absolute atomic E-state index is 0.0198. The number of rotatable bonds is 26. The quantitative estimate of drug-likeness (QED) is 0.0136. The number of nitrogens with one attached hydrogen (secondary N) is 7. The molecule has 0 bridgehead atoms. The van der Waals surface area contributed by atoms with E-state index in [9.17, 15) is 60.8 Å². The molecule has 9 heterocycles. The number of benzene rings is 4. The smallest absolute Gasteiger partial charge is 0.252 e. The number of carbonyl (C=O) groups excluding carboxylic acids is 7. The predicted octanol–water partition coefficient (Wildman–Crippen LogP) is 12.5. The summed E-state index contributed by atoms with van der Waals surface area (Å²) in [6.07, 6.45) is 8.82. The summed E-state index contributed by atoms with van der Waals surface area (Å²) in [6, 6.07) is 43.7. The molecule has 4 aromatic carbocycles. The van der Waals surface area contributed by atoms with Gasteiger partial charge in [-0.2, -0.15) is 15.8 Å². The Morgan fingerprint density at radius 3 is 0.953 bits per heavy atom. The molecule has 0 radical (unpaired) electrons. The van der Waals surface area contributed by atoms with Gasteiger partial charge in [0.1, 0.15) is 64.3 Å². The average molecular weight is 1820 g/mol. The Balaban J connectivity index is 0.000000215. The van der Waals surface area contributed by atoms with E-state index >= 15 is 0 Å². The van der Waals surface area contributed by atoms with Crippen molar-refractivity contribution in [2.75, 3.05) is 43.0 Å². The number of nitriles is 3. The number of aromatic nitrogens is 9. The summed E-state index contributed by atoms with van der Waals surface area (Å²) in [5, 5.41) is 49.1. The zero-order valence-electron chi connectivity index (χ0n) is 69.1. The van der Waals surface area contributed by atoms with Crippen molar-refractivity contribution in [3.8, 4) is 18.2 Å². The first-order valence-corrected chi connectivity index (χ1v) is 39.6. The number of hydrogen-bond acceptors (Lipinski definition) is 28. The van der Waals surface area contributed by atoms with Crippen LogP contribution in [0.1, 0.15) is 104 Å². The molecule has 129 heavy (non-hydrogen) atoms. The van der Waals surface area contributed by atoms with Gasteiger partial charge in [-0.25, -0.2) is 46.9 Å². The Kier molecular flexibility index (Phi) is 37.4. The van der Waals surface area contributed by atoms with Crippen LogP contribution in [0.3, 0.4) is 0 Å². The molecule has 0 fully saturated rings. The van der Waals surface area contributed by atoms with E-state index in [2.05, 4.69) is 82.1 Å². The highest BCUT2D eigenvalue weighted by molar-refractivity contribution is 6.33. The molecule has 7 amide bonds. The lowest BCUT2D eigenvalue weighted by molar-refractivity contribution is -0.120. The monoisotopic (exact) mass is 1820 g/mol. The topological polar surface area (TPSA) is 625 Å². The van der Waals surface area contributed by atoms with Gasteiger partial charge in [0.2, 0.25) is 29.5 Å². The molecule has 13 rings (SSSR count). The Hall–Kier alpha value is -16.1. The van der Waals surface area contributed by atoms with Crippen LogP contribution in [0.15, 0.2) is 176 Å². The maximum Gasteiger partial charge on any atom is 0.252 e. The second kappa shape index (κ2) is 48.3. The maximum absolute atomic E-state index is 14.4. The molecule has 5 atom stereocenters. The van der Waals surface area contributed by atoms with Gasteiger partial charge in [-0.3, -0.25) is 53.5 Å². The predicted molar refractivity (Wildman–Crippen MR) is 483 cm³/mol. The first-order valence-electron chi connectivity index (χ1n) is 38.5. The number of amides is 7. The third-order valence-electron chi connectivity index (χ3n) is 17.9. The lowest BCUT2D eigenvalue weighted by atomic mass is 10.1. The second-order valence-corrected chi connectivity index (χ2v) is 28.0. The summed E-state index contributed by atoms with van der Waals surface area (Å²) < 4.78 is 69.0. The van der Waals surface area contributed by atoms with E-state index < -0.39 is 101 Å². The number of fused-ring (bicyclic) bond motifs is 4. The molecule has 0 spiro atoms. The zero-order valence-corrected chi connectivity index (χ0v) is 71.4. The first kappa shape index (κ1) is 100. The highest BCUT2D eigenvalue weighted by Gasteiger charge is 2.25. The van der Waals surface area contributed by atoms with E-state index in [1.54, 1.807) is 95.0 Å². The van der Waals surface area contributed by atoms with Gasteiger partial charge in [0.05, 0.1) is 55.9 Å². The summed E-state index contributed by atoms with van der Waals surface area (Å²) in [7, 11) is 0. The van der Waals surface area contributed by atoms with Crippen LogP contribution in [0.2, 0.25) is 15.5 Å². The van der Waals surface area contributed by atoms with Crippen molar-refractivity contribution in [3.63, 3.8) is 0 Å². The summed E-state index contributed by atoms with van der Waals surface area (Å²) in [5.74, 6) is -9.02. The first-order chi connectivity index (χ1) is 61.5. The number of nitrogen functional groups attached to an aromatic ring is 1. The number of hydrogen-bond donors (Lipinski definition) is 16. The molecule has 0 saturated carbocycles. The maximum atomic E-state index is 14.4. The van der Waals surface area contributed by atoms with Gasteiger partial charge in [-0.1, -0.05) is 118 Å². The lowest BCUT2D eigenvalue weighted by Gasteiger charge is -2.17. The number of pyridine rings is 9. The largest absolute Gasteiger partial charge is 0.399 e. The minimum Gasteiger partial charge on any atom is -0.399 e. The molecule has 35 nitrogen and oxygen atoms in total. The molecule has 0 unspecified atom stereocenters. The van der Waals surface area contributed by atoms with E-state index in [-0.39, 0.29) is 84.0 Å². The number of nitrogens with two attached hydrogens (primary N) is 9. The van der Waals surface area contributed by atoms with E-state index in [4.69, 9.17) is 96.9 Å². The third-order valence-corrected chi connectivity index (χ3v) is 18.8. The van der Waals surface area contributed by atoms with Crippen molar-refractivity contribution < 1.29 is 55.5 Å². The number of anilines is 11. The summed E-state index contributed by atoms with van der Waals surface area (Å²) in [4.78, 5) is 115. The van der Waals surface area contributed by atoms with Crippen LogP contribution >= 0.6 is 34.8 Å². The van der Waals surface area contributed by atoms with Gasteiger partial charge in [0.15, 0.2) is 63.3 Å². The highest BCUT2D eigenvalue weighted by Crippen LogP contribution is 2.31. The molecule has 13 aromatic rings. The molecule has 666 valence electrons. The third kappa shape index (κ3) is 29.0. The molecule has 9 aromatic heterocycles. The van der Waals surface area contributed by atoms with Gasteiger partial charge >= 0.3 is 0 Å². The van der Waals surface area contributed by atoms with Crippen molar-refractivity contribution in [2.24, 2.45) is 45.9 Å². The number of nitrogens with zero attached hydrogens (tertiary/aromatic N) is 12. The molecule has 25 N–H and O–H groups in total.